The molecule has 164 valence electrons. The fourth-order valence-corrected chi connectivity index (χ4v) is 4.03. The fraction of sp³-hybridized carbons (Fsp3) is 0.429. The van der Waals surface area contributed by atoms with E-state index in [0.29, 0.717) is 62.4 Å². The predicted octanol–water partition coefficient (Wildman–Crippen LogP) is 0.702. The Morgan fingerprint density at radius 2 is 1.77 bits per heavy atom. The van der Waals surface area contributed by atoms with Crippen LogP contribution in [0.25, 0.3) is 11.2 Å². The molecule has 4 rings (SSSR count). The van der Waals surface area contributed by atoms with Gasteiger partial charge in [-0.2, -0.15) is 0 Å². The molecule has 3 aromatic rings. The molecule has 9 nitrogen and oxygen atoms in total. The highest BCUT2D eigenvalue weighted by Crippen LogP contribution is 2.20. The molecule has 10 heteroatoms. The van der Waals surface area contributed by atoms with Gasteiger partial charge in [0.1, 0.15) is 5.82 Å². The first-order valence-corrected chi connectivity index (χ1v) is 10.3. The lowest BCUT2D eigenvalue weighted by atomic mass is 10.2. The number of halogens is 1. The Labute approximate surface area is 177 Å². The van der Waals surface area contributed by atoms with Crippen LogP contribution in [-0.4, -0.2) is 55.7 Å². The summed E-state index contributed by atoms with van der Waals surface area (Å²) in [5.74, 6) is -0.212. The average Bonchev–Trinajstić information content (AvgIpc) is 3.21. The third-order valence-electron chi connectivity index (χ3n) is 5.83. The Morgan fingerprint density at radius 1 is 1.06 bits per heavy atom. The van der Waals surface area contributed by atoms with Gasteiger partial charge in [0.2, 0.25) is 5.91 Å². The molecule has 31 heavy (non-hydrogen) atoms. The van der Waals surface area contributed by atoms with Crippen LogP contribution in [0.15, 0.2) is 40.2 Å². The van der Waals surface area contributed by atoms with Gasteiger partial charge in [-0.05, 0) is 18.6 Å². The van der Waals surface area contributed by atoms with Crippen LogP contribution in [0.1, 0.15) is 12.8 Å². The van der Waals surface area contributed by atoms with Gasteiger partial charge in [0, 0.05) is 53.2 Å². The van der Waals surface area contributed by atoms with Crippen molar-refractivity contribution in [3.8, 4) is 0 Å². The number of para-hydroxylation sites is 1. The zero-order chi connectivity index (χ0) is 22.1. The molecule has 2 aromatic heterocycles. The molecule has 0 radical (unpaired) electrons. The van der Waals surface area contributed by atoms with E-state index >= 15 is 0 Å². The third-order valence-corrected chi connectivity index (χ3v) is 5.83. The summed E-state index contributed by atoms with van der Waals surface area (Å²) in [6.45, 7) is 2.71. The van der Waals surface area contributed by atoms with Gasteiger partial charge in [-0.1, -0.05) is 12.1 Å². The van der Waals surface area contributed by atoms with Crippen LogP contribution in [0.3, 0.4) is 0 Å². The van der Waals surface area contributed by atoms with E-state index in [2.05, 4.69) is 4.98 Å². The molecule has 1 aliphatic rings. The largest absolute Gasteiger partial charge is 0.366 e. The molecule has 1 amide bonds. The minimum atomic E-state index is -0.424. The monoisotopic (exact) mass is 428 g/mol. The van der Waals surface area contributed by atoms with E-state index in [1.54, 1.807) is 34.7 Å². The van der Waals surface area contributed by atoms with Crippen LogP contribution < -0.4 is 16.1 Å². The lowest BCUT2D eigenvalue weighted by Gasteiger charge is -2.36. The molecule has 0 atom stereocenters. The van der Waals surface area contributed by atoms with Crippen molar-refractivity contribution in [3.63, 3.8) is 0 Å². The number of piperazine rings is 1. The number of carbonyl (C=O) groups is 1. The van der Waals surface area contributed by atoms with Gasteiger partial charge < -0.3 is 14.4 Å². The Balaban J connectivity index is 1.35. The Hall–Kier alpha value is -3.43. The molecule has 0 N–H and O–H groups in total. The van der Waals surface area contributed by atoms with Crippen molar-refractivity contribution in [2.75, 3.05) is 31.1 Å². The van der Waals surface area contributed by atoms with Crippen LogP contribution in [0.4, 0.5) is 10.1 Å². The zero-order valence-corrected chi connectivity index (χ0v) is 17.6. The SMILES string of the molecule is Cn1c(=O)c2c(ncn2CCCC(=O)N2CCN(c3ccccc3F)CC2)n(C)c1=O. The number of carbonyl (C=O) groups excluding carboxylic acids is 1. The summed E-state index contributed by atoms with van der Waals surface area (Å²) in [5.41, 5.74) is 0.440. The predicted molar refractivity (Wildman–Crippen MR) is 115 cm³/mol. The number of amides is 1. The number of nitrogens with zero attached hydrogens (tertiary/aromatic N) is 6. The van der Waals surface area contributed by atoms with E-state index in [9.17, 15) is 18.8 Å². The fourth-order valence-electron chi connectivity index (χ4n) is 4.03. The van der Waals surface area contributed by atoms with E-state index in [0.717, 1.165) is 4.57 Å². The maximum absolute atomic E-state index is 14.0. The van der Waals surface area contributed by atoms with Gasteiger partial charge in [-0.25, -0.2) is 14.2 Å². The summed E-state index contributed by atoms with van der Waals surface area (Å²) < 4.78 is 18.1. The second kappa shape index (κ2) is 8.37. The Morgan fingerprint density at radius 3 is 2.48 bits per heavy atom. The molecule has 1 aromatic carbocycles. The average molecular weight is 428 g/mol. The molecule has 1 aliphatic heterocycles. The normalized spacial score (nSPS) is 14.4. The summed E-state index contributed by atoms with van der Waals surface area (Å²) >= 11 is 0. The summed E-state index contributed by atoms with van der Waals surface area (Å²) in [6, 6.07) is 6.67. The molecule has 0 aliphatic carbocycles. The number of hydrogen-bond donors (Lipinski definition) is 0. The van der Waals surface area contributed by atoms with E-state index in [1.165, 1.54) is 24.0 Å². The van der Waals surface area contributed by atoms with Gasteiger partial charge in [0.05, 0.1) is 12.0 Å². The highest BCUT2D eigenvalue weighted by molar-refractivity contribution is 5.76. The van der Waals surface area contributed by atoms with E-state index < -0.39 is 11.2 Å². The molecule has 3 heterocycles. The van der Waals surface area contributed by atoms with Crippen molar-refractivity contribution < 1.29 is 9.18 Å². The standard InChI is InChI=1S/C21H25FN6O3/c1-24-19-18(20(30)25(2)21(24)31)28(14-23-19)9-5-8-17(29)27-12-10-26(11-13-27)16-7-4-3-6-15(16)22/h3-4,6-7,14H,5,8-13H2,1-2H3. The highest BCUT2D eigenvalue weighted by Gasteiger charge is 2.22. The van der Waals surface area contributed by atoms with Gasteiger partial charge in [-0.3, -0.25) is 18.7 Å². The molecule has 1 saturated heterocycles. The third kappa shape index (κ3) is 3.85. The first-order valence-electron chi connectivity index (χ1n) is 10.3. The van der Waals surface area contributed by atoms with Crippen LogP contribution in [0.2, 0.25) is 0 Å². The van der Waals surface area contributed by atoms with Crippen LogP contribution >= 0.6 is 0 Å². The van der Waals surface area contributed by atoms with E-state index in [4.69, 9.17) is 0 Å². The summed E-state index contributed by atoms with van der Waals surface area (Å²) in [7, 11) is 3.01. The lowest BCUT2D eigenvalue weighted by molar-refractivity contribution is -0.131. The number of benzene rings is 1. The minimum absolute atomic E-state index is 0.0397. The summed E-state index contributed by atoms with van der Waals surface area (Å²) in [4.78, 5) is 45.1. The first kappa shape index (κ1) is 20.8. The second-order valence-corrected chi connectivity index (χ2v) is 7.74. The van der Waals surface area contributed by atoms with Crippen LogP contribution in [-0.2, 0) is 25.4 Å². The van der Waals surface area contributed by atoms with Gasteiger partial charge in [0.15, 0.2) is 11.2 Å². The number of imidazole rings is 1. The molecular weight excluding hydrogens is 403 g/mol. The van der Waals surface area contributed by atoms with Crippen molar-refractivity contribution in [2.24, 2.45) is 14.1 Å². The number of anilines is 1. The van der Waals surface area contributed by atoms with Crippen molar-refractivity contribution in [2.45, 2.75) is 19.4 Å². The smallest absolute Gasteiger partial charge is 0.332 e. The number of fused-ring (bicyclic) bond motifs is 1. The first-order chi connectivity index (χ1) is 14.9. The van der Waals surface area contributed by atoms with Gasteiger partial charge >= 0.3 is 5.69 Å². The number of aromatic nitrogens is 4. The molecule has 1 fully saturated rings. The summed E-state index contributed by atoms with van der Waals surface area (Å²) in [6.07, 6.45) is 2.42. The topological polar surface area (TPSA) is 85.4 Å². The van der Waals surface area contributed by atoms with Crippen LogP contribution in [0.5, 0.6) is 0 Å². The zero-order valence-electron chi connectivity index (χ0n) is 17.6. The molecular formula is C21H25FN6O3. The lowest BCUT2D eigenvalue weighted by Crippen LogP contribution is -2.49. The number of rotatable bonds is 5. The Kier molecular flexibility index (Phi) is 5.62. The second-order valence-electron chi connectivity index (χ2n) is 7.74. The van der Waals surface area contributed by atoms with Gasteiger partial charge in [0.25, 0.3) is 5.56 Å². The number of aryl methyl sites for hydroxylation is 2. The van der Waals surface area contributed by atoms with Crippen molar-refractivity contribution >= 4 is 22.8 Å². The highest BCUT2D eigenvalue weighted by atomic mass is 19.1. The molecule has 0 spiro atoms. The number of hydrogen-bond acceptors (Lipinski definition) is 5. The molecule has 0 bridgehead atoms. The quantitative estimate of drug-likeness (QED) is 0.597. The van der Waals surface area contributed by atoms with Crippen molar-refractivity contribution in [3.05, 3.63) is 57.2 Å². The molecule has 0 saturated carbocycles. The van der Waals surface area contributed by atoms with Crippen LogP contribution in [0, 0.1) is 5.82 Å². The van der Waals surface area contributed by atoms with E-state index in [1.807, 2.05) is 4.90 Å². The molecule has 0 unspecified atom stereocenters. The maximum atomic E-state index is 14.0. The Bertz CT molecular complexity index is 1240. The van der Waals surface area contributed by atoms with Crippen molar-refractivity contribution in [1.29, 1.82) is 0 Å². The summed E-state index contributed by atoms with van der Waals surface area (Å²) in [5, 5.41) is 0. The van der Waals surface area contributed by atoms with Gasteiger partial charge in [-0.15, -0.1) is 0 Å². The minimum Gasteiger partial charge on any atom is -0.366 e. The van der Waals surface area contributed by atoms with Crippen molar-refractivity contribution in [1.82, 2.24) is 23.6 Å². The maximum Gasteiger partial charge on any atom is 0.332 e. The van der Waals surface area contributed by atoms with E-state index in [-0.39, 0.29) is 11.7 Å².